The van der Waals surface area contributed by atoms with Gasteiger partial charge in [0.05, 0.1) is 0 Å². The average Bonchev–Trinajstić information content (AvgIpc) is 2.26. The summed E-state index contributed by atoms with van der Waals surface area (Å²) in [5.74, 6) is -1.14. The van der Waals surface area contributed by atoms with Gasteiger partial charge in [0, 0.05) is 25.7 Å². The van der Waals surface area contributed by atoms with Crippen LogP contribution in [0.1, 0.15) is 6.42 Å². The highest BCUT2D eigenvalue weighted by Crippen LogP contribution is 2.34. The first-order chi connectivity index (χ1) is 8.00. The number of hydrogen-bond donors (Lipinski definition) is 1. The van der Waals surface area contributed by atoms with Crippen molar-refractivity contribution in [1.82, 2.24) is 4.90 Å². The van der Waals surface area contributed by atoms with E-state index in [0.29, 0.717) is 0 Å². The number of aliphatic imine (C=N–C) groups is 1. The zero-order valence-electron chi connectivity index (χ0n) is 9.64. The van der Waals surface area contributed by atoms with Crippen molar-refractivity contribution in [3.63, 3.8) is 0 Å². The fourth-order valence-electron chi connectivity index (χ4n) is 2.12. The third kappa shape index (κ3) is 2.13. The minimum atomic E-state index is -1.03. The van der Waals surface area contributed by atoms with Gasteiger partial charge in [-0.3, -0.25) is 0 Å². The molecule has 0 fully saturated rings. The Morgan fingerprint density at radius 1 is 1.53 bits per heavy atom. The predicted octanol–water partition coefficient (Wildman–Crippen LogP) is 2.00. The Kier molecular flexibility index (Phi) is 3.07. The molecule has 1 heterocycles. The van der Waals surface area contributed by atoms with Crippen LogP contribution in [0.4, 0.5) is 0 Å². The molecule has 0 bridgehead atoms. The smallest absolute Gasteiger partial charge is 0.354 e. The van der Waals surface area contributed by atoms with Crippen molar-refractivity contribution in [3.05, 3.63) is 34.7 Å². The molecule has 2 rings (SSSR count). The van der Waals surface area contributed by atoms with Gasteiger partial charge in [0.1, 0.15) is 5.16 Å². The van der Waals surface area contributed by atoms with Crippen LogP contribution in [0.5, 0.6) is 0 Å². The summed E-state index contributed by atoms with van der Waals surface area (Å²) in [6.07, 6.45) is 6.46. The van der Waals surface area contributed by atoms with E-state index in [0.717, 1.165) is 17.7 Å². The number of halogens is 1. The Balaban J connectivity index is 2.45. The van der Waals surface area contributed by atoms with E-state index in [2.05, 4.69) is 11.1 Å². The fourth-order valence-corrected chi connectivity index (χ4v) is 2.33. The van der Waals surface area contributed by atoms with Crippen molar-refractivity contribution < 1.29 is 9.90 Å². The average molecular weight is 253 g/mol. The molecule has 1 unspecified atom stereocenters. The Hall–Kier alpha value is -1.55. The molecule has 4 nitrogen and oxygen atoms in total. The van der Waals surface area contributed by atoms with E-state index in [4.69, 9.17) is 16.7 Å². The Morgan fingerprint density at radius 2 is 2.24 bits per heavy atom. The van der Waals surface area contributed by atoms with Crippen LogP contribution >= 0.6 is 11.6 Å². The van der Waals surface area contributed by atoms with Crippen LogP contribution in [-0.2, 0) is 4.79 Å². The zero-order valence-corrected chi connectivity index (χ0v) is 10.4. The minimum Gasteiger partial charge on any atom is -0.477 e. The molecular formula is C12H13ClN2O2. The van der Waals surface area contributed by atoms with Crippen molar-refractivity contribution >= 4 is 23.3 Å². The monoisotopic (exact) mass is 252 g/mol. The molecule has 1 aliphatic heterocycles. The molecule has 1 N–H and O–H groups in total. The Bertz CT molecular complexity index is 487. The third-order valence-corrected chi connectivity index (χ3v) is 3.04. The molecule has 5 heteroatoms. The first kappa shape index (κ1) is 11.9. The number of fused-ring (bicyclic) bond motifs is 1. The van der Waals surface area contributed by atoms with Crippen LogP contribution in [0.2, 0.25) is 0 Å². The number of rotatable bonds is 2. The maximum atomic E-state index is 11.1. The molecule has 17 heavy (non-hydrogen) atoms. The van der Waals surface area contributed by atoms with Crippen LogP contribution in [0.15, 0.2) is 39.6 Å². The van der Waals surface area contributed by atoms with Crippen molar-refractivity contribution in [2.45, 2.75) is 6.42 Å². The normalized spacial score (nSPS) is 22.9. The van der Waals surface area contributed by atoms with E-state index in [9.17, 15) is 4.79 Å². The highest BCUT2D eigenvalue weighted by Gasteiger charge is 2.31. The molecule has 0 radical (unpaired) electrons. The van der Waals surface area contributed by atoms with Crippen molar-refractivity contribution in [2.24, 2.45) is 10.9 Å². The van der Waals surface area contributed by atoms with E-state index in [-0.39, 0.29) is 16.8 Å². The lowest BCUT2D eigenvalue weighted by atomic mass is 9.85. The van der Waals surface area contributed by atoms with E-state index in [1.165, 1.54) is 0 Å². The van der Waals surface area contributed by atoms with Gasteiger partial charge in [-0.05, 0) is 18.1 Å². The molecule has 0 saturated carbocycles. The van der Waals surface area contributed by atoms with Gasteiger partial charge in [0.25, 0.3) is 0 Å². The highest BCUT2D eigenvalue weighted by atomic mass is 35.5. The van der Waals surface area contributed by atoms with Gasteiger partial charge in [-0.25, -0.2) is 9.79 Å². The third-order valence-electron chi connectivity index (χ3n) is 2.83. The van der Waals surface area contributed by atoms with Gasteiger partial charge in [-0.2, -0.15) is 0 Å². The summed E-state index contributed by atoms with van der Waals surface area (Å²) >= 11 is 5.88. The number of carbonyl (C=O) groups is 1. The van der Waals surface area contributed by atoms with Crippen LogP contribution in [0.25, 0.3) is 0 Å². The van der Waals surface area contributed by atoms with Crippen LogP contribution < -0.4 is 0 Å². The van der Waals surface area contributed by atoms with Gasteiger partial charge in [-0.1, -0.05) is 23.8 Å². The number of carboxylic acids is 1. The number of aliphatic carboxylic acids is 1. The molecule has 0 amide bonds. The van der Waals surface area contributed by atoms with Gasteiger partial charge in [-0.15, -0.1) is 0 Å². The Labute approximate surface area is 105 Å². The molecule has 0 aromatic rings. The molecular weight excluding hydrogens is 240 g/mol. The fraction of sp³-hybridized carbons (Fsp3) is 0.333. The molecule has 1 atom stereocenters. The largest absolute Gasteiger partial charge is 0.477 e. The molecule has 1 aliphatic carbocycles. The van der Waals surface area contributed by atoms with Crippen LogP contribution in [-0.4, -0.2) is 35.8 Å². The zero-order chi connectivity index (χ0) is 12.6. The van der Waals surface area contributed by atoms with E-state index in [1.54, 1.807) is 6.08 Å². The summed E-state index contributed by atoms with van der Waals surface area (Å²) in [7, 11) is 3.87. The maximum absolute atomic E-state index is 11.1. The first-order valence-corrected chi connectivity index (χ1v) is 5.65. The Morgan fingerprint density at radius 3 is 2.82 bits per heavy atom. The molecule has 0 aromatic heterocycles. The van der Waals surface area contributed by atoms with Crippen molar-refractivity contribution in [1.29, 1.82) is 0 Å². The summed E-state index contributed by atoms with van der Waals surface area (Å²) in [6.45, 7) is 0. The van der Waals surface area contributed by atoms with Gasteiger partial charge in [0.2, 0.25) is 0 Å². The molecule has 2 aliphatic rings. The van der Waals surface area contributed by atoms with E-state index < -0.39 is 5.97 Å². The maximum Gasteiger partial charge on any atom is 0.354 e. The molecule has 0 aromatic carbocycles. The predicted molar refractivity (Wildman–Crippen MR) is 67.0 cm³/mol. The molecule has 90 valence electrons. The van der Waals surface area contributed by atoms with Gasteiger partial charge < -0.3 is 10.0 Å². The van der Waals surface area contributed by atoms with Gasteiger partial charge in [0.15, 0.2) is 5.71 Å². The summed E-state index contributed by atoms with van der Waals surface area (Å²) in [5.41, 5.74) is 1.83. The van der Waals surface area contributed by atoms with Crippen molar-refractivity contribution in [3.8, 4) is 0 Å². The van der Waals surface area contributed by atoms with Crippen molar-refractivity contribution in [2.75, 3.05) is 14.1 Å². The van der Waals surface area contributed by atoms with Crippen LogP contribution in [0.3, 0.4) is 0 Å². The van der Waals surface area contributed by atoms with Crippen LogP contribution in [0, 0.1) is 5.92 Å². The summed E-state index contributed by atoms with van der Waals surface area (Å²) < 4.78 is 0. The van der Waals surface area contributed by atoms with E-state index in [1.807, 2.05) is 25.1 Å². The standard InChI is InChI=1S/C12H13ClN2O2/c1-15(2)9-5-3-4-7-8(9)6-10(13)14-11(7)12(16)17/h4-6,8H,3H2,1-2H3,(H,16,17). The summed E-state index contributed by atoms with van der Waals surface area (Å²) in [5, 5.41) is 9.36. The lowest BCUT2D eigenvalue weighted by Gasteiger charge is -2.30. The number of hydrogen-bond acceptors (Lipinski definition) is 3. The highest BCUT2D eigenvalue weighted by molar-refractivity contribution is 6.45. The second kappa shape index (κ2) is 4.37. The van der Waals surface area contributed by atoms with E-state index >= 15 is 0 Å². The summed E-state index contributed by atoms with van der Waals surface area (Å²) in [4.78, 5) is 17.0. The second-order valence-electron chi connectivity index (χ2n) is 4.15. The number of nitrogens with zero attached hydrogens (tertiary/aromatic N) is 2. The first-order valence-electron chi connectivity index (χ1n) is 5.28. The second-order valence-corrected chi connectivity index (χ2v) is 4.54. The SMILES string of the molecule is CN(C)C1=CCC=C2C(C(=O)O)=NC(Cl)=CC21. The lowest BCUT2D eigenvalue weighted by molar-refractivity contribution is -0.129. The molecule has 0 spiro atoms. The van der Waals surface area contributed by atoms with Gasteiger partial charge >= 0.3 is 5.97 Å². The minimum absolute atomic E-state index is 0.0509. The lowest BCUT2D eigenvalue weighted by Crippen LogP contribution is -2.30. The summed E-state index contributed by atoms with van der Waals surface area (Å²) in [6, 6.07) is 0. The topological polar surface area (TPSA) is 52.9 Å². The quantitative estimate of drug-likeness (QED) is 0.765. The number of allylic oxidation sites excluding steroid dienone is 3. The molecule has 0 saturated heterocycles. The number of carboxylic acid groups (broad SMARTS) is 1.